The predicted octanol–water partition coefficient (Wildman–Crippen LogP) is 2.32. The van der Waals surface area contributed by atoms with E-state index in [0.717, 1.165) is 29.7 Å². The van der Waals surface area contributed by atoms with E-state index in [2.05, 4.69) is 17.6 Å². The van der Waals surface area contributed by atoms with E-state index >= 15 is 0 Å². The van der Waals surface area contributed by atoms with E-state index < -0.39 is 23.8 Å². The number of fused-ring (bicyclic) bond motifs is 1. The lowest BCUT2D eigenvalue weighted by atomic mass is 9.88. The number of anilines is 1. The van der Waals surface area contributed by atoms with E-state index in [9.17, 15) is 14.4 Å². The first kappa shape index (κ1) is 18.2. The maximum Gasteiger partial charge on any atom is 0.287 e. The third-order valence-corrected chi connectivity index (χ3v) is 5.65. The number of furan rings is 1. The molecule has 0 saturated carbocycles. The van der Waals surface area contributed by atoms with Crippen molar-refractivity contribution in [2.45, 2.75) is 39.2 Å². The first-order valence-corrected chi connectivity index (χ1v) is 9.28. The molecule has 1 aliphatic carbocycles. The second kappa shape index (κ2) is 7.33. The van der Waals surface area contributed by atoms with Gasteiger partial charge in [-0.1, -0.05) is 6.92 Å². The Morgan fingerprint density at radius 1 is 1.38 bits per heavy atom. The average Bonchev–Trinajstić information content (AvgIpc) is 3.21. The molecule has 138 valence electrons. The maximum absolute atomic E-state index is 12.5. The number of rotatable bonds is 5. The summed E-state index contributed by atoms with van der Waals surface area (Å²) in [5, 5.41) is 5.77. The quantitative estimate of drug-likeness (QED) is 0.744. The summed E-state index contributed by atoms with van der Waals surface area (Å²) in [6.07, 6.45) is 4.04. The fraction of sp³-hybridized carbons (Fsp3) is 0.389. The molecule has 1 aliphatic rings. The molecule has 26 heavy (non-hydrogen) atoms. The van der Waals surface area contributed by atoms with Crippen LogP contribution in [-0.4, -0.2) is 23.8 Å². The molecule has 0 aromatic carbocycles. The highest BCUT2D eigenvalue weighted by atomic mass is 32.1. The van der Waals surface area contributed by atoms with E-state index in [1.807, 2.05) is 0 Å². The van der Waals surface area contributed by atoms with Crippen LogP contribution in [0, 0.1) is 5.92 Å². The number of hydrogen-bond acceptors (Lipinski definition) is 5. The smallest absolute Gasteiger partial charge is 0.287 e. The number of nitrogens with one attached hydrogen (secondary N) is 2. The van der Waals surface area contributed by atoms with E-state index in [0.29, 0.717) is 16.5 Å². The van der Waals surface area contributed by atoms with Gasteiger partial charge in [-0.15, -0.1) is 11.3 Å². The summed E-state index contributed by atoms with van der Waals surface area (Å²) in [5.41, 5.74) is 6.89. The Balaban J connectivity index is 1.74. The zero-order valence-electron chi connectivity index (χ0n) is 14.6. The number of hydrogen-bond donors (Lipinski definition) is 3. The molecule has 0 aliphatic heterocycles. The standard InChI is InChI=1S/C18H21N3O4S/c1-9-5-6-11-13(8-9)26-18(14(11)15(19)22)21-16(23)10(2)20-17(24)12-4-3-7-25-12/h3-4,7,9-10H,5-6,8H2,1-2H3,(H2,19,22)(H,20,24)(H,21,23)/t9-,10-/m1/s1. The number of primary amides is 1. The van der Waals surface area contributed by atoms with Gasteiger partial charge >= 0.3 is 0 Å². The van der Waals surface area contributed by atoms with Crippen molar-refractivity contribution in [1.29, 1.82) is 0 Å². The molecule has 2 aromatic rings. The van der Waals surface area contributed by atoms with E-state index in [1.54, 1.807) is 13.0 Å². The van der Waals surface area contributed by atoms with Crippen LogP contribution in [0.1, 0.15) is 51.6 Å². The number of nitrogens with two attached hydrogens (primary N) is 1. The molecule has 2 atom stereocenters. The van der Waals surface area contributed by atoms with Crippen LogP contribution in [0.4, 0.5) is 5.00 Å². The molecule has 2 aromatic heterocycles. The first-order valence-electron chi connectivity index (χ1n) is 8.46. The Morgan fingerprint density at radius 2 is 2.15 bits per heavy atom. The summed E-state index contributed by atoms with van der Waals surface area (Å²) in [5.74, 6) is -0.772. The topological polar surface area (TPSA) is 114 Å². The summed E-state index contributed by atoms with van der Waals surface area (Å²) in [6, 6.07) is 2.31. The van der Waals surface area contributed by atoms with E-state index in [1.165, 1.54) is 23.7 Å². The summed E-state index contributed by atoms with van der Waals surface area (Å²) in [6.45, 7) is 3.73. The highest BCUT2D eigenvalue weighted by molar-refractivity contribution is 7.17. The van der Waals surface area contributed by atoms with Crippen LogP contribution in [0.3, 0.4) is 0 Å². The Hall–Kier alpha value is -2.61. The number of carbonyl (C=O) groups is 3. The summed E-state index contributed by atoms with van der Waals surface area (Å²) in [4.78, 5) is 37.5. The Labute approximate surface area is 154 Å². The van der Waals surface area contributed by atoms with Gasteiger partial charge in [0.15, 0.2) is 5.76 Å². The van der Waals surface area contributed by atoms with Gasteiger partial charge in [0.05, 0.1) is 11.8 Å². The molecule has 0 spiro atoms. The Bertz CT molecular complexity index is 841. The lowest BCUT2D eigenvalue weighted by Gasteiger charge is -2.18. The van der Waals surface area contributed by atoms with Gasteiger partial charge in [0.1, 0.15) is 11.0 Å². The second-order valence-corrected chi connectivity index (χ2v) is 7.69. The number of amides is 3. The van der Waals surface area contributed by atoms with Crippen molar-refractivity contribution in [2.24, 2.45) is 11.7 Å². The van der Waals surface area contributed by atoms with Crippen molar-refractivity contribution in [2.75, 3.05) is 5.32 Å². The van der Waals surface area contributed by atoms with Crippen molar-refractivity contribution in [1.82, 2.24) is 5.32 Å². The van der Waals surface area contributed by atoms with Crippen molar-refractivity contribution < 1.29 is 18.8 Å². The molecule has 3 amide bonds. The minimum atomic E-state index is -0.800. The zero-order valence-corrected chi connectivity index (χ0v) is 15.4. The van der Waals surface area contributed by atoms with Gasteiger partial charge in [-0.3, -0.25) is 14.4 Å². The minimum Gasteiger partial charge on any atom is -0.459 e. The van der Waals surface area contributed by atoms with Crippen LogP contribution in [0.2, 0.25) is 0 Å². The first-order chi connectivity index (χ1) is 12.4. The van der Waals surface area contributed by atoms with Crippen LogP contribution in [0.25, 0.3) is 0 Å². The monoisotopic (exact) mass is 375 g/mol. The fourth-order valence-electron chi connectivity index (χ4n) is 3.06. The van der Waals surface area contributed by atoms with Crippen LogP contribution < -0.4 is 16.4 Å². The Morgan fingerprint density at radius 3 is 2.81 bits per heavy atom. The summed E-state index contributed by atoms with van der Waals surface area (Å²) >= 11 is 1.39. The molecular formula is C18H21N3O4S. The molecule has 0 fully saturated rings. The highest BCUT2D eigenvalue weighted by Crippen LogP contribution is 2.39. The molecule has 0 saturated heterocycles. The van der Waals surface area contributed by atoms with Gasteiger partial charge in [-0.2, -0.15) is 0 Å². The van der Waals surface area contributed by atoms with E-state index in [4.69, 9.17) is 10.2 Å². The summed E-state index contributed by atoms with van der Waals surface area (Å²) < 4.78 is 5.01. The zero-order chi connectivity index (χ0) is 18.8. The number of thiophene rings is 1. The largest absolute Gasteiger partial charge is 0.459 e. The van der Waals surface area contributed by atoms with Gasteiger partial charge in [0.2, 0.25) is 5.91 Å². The van der Waals surface area contributed by atoms with Gasteiger partial charge in [-0.05, 0) is 49.8 Å². The van der Waals surface area contributed by atoms with Crippen LogP contribution in [0.15, 0.2) is 22.8 Å². The maximum atomic E-state index is 12.5. The summed E-state index contributed by atoms with van der Waals surface area (Å²) in [7, 11) is 0. The van der Waals surface area contributed by atoms with Crippen molar-refractivity contribution in [3.05, 3.63) is 40.2 Å². The SMILES string of the molecule is C[C@@H]1CCc2c(sc(NC(=O)[C@@H](C)NC(=O)c3ccco3)c2C(N)=O)C1. The molecule has 4 N–H and O–H groups in total. The highest BCUT2D eigenvalue weighted by Gasteiger charge is 2.28. The number of carbonyl (C=O) groups excluding carboxylic acids is 3. The van der Waals surface area contributed by atoms with Gasteiger partial charge in [0.25, 0.3) is 11.8 Å². The van der Waals surface area contributed by atoms with E-state index in [-0.39, 0.29) is 5.76 Å². The third-order valence-electron chi connectivity index (χ3n) is 4.48. The van der Waals surface area contributed by atoms with Gasteiger partial charge in [0, 0.05) is 4.88 Å². The average molecular weight is 375 g/mol. The molecular weight excluding hydrogens is 354 g/mol. The van der Waals surface area contributed by atoms with Crippen molar-refractivity contribution >= 4 is 34.1 Å². The fourth-order valence-corrected chi connectivity index (χ4v) is 4.48. The van der Waals surface area contributed by atoms with Crippen molar-refractivity contribution in [3.8, 4) is 0 Å². The van der Waals surface area contributed by atoms with Crippen LogP contribution in [0.5, 0.6) is 0 Å². The molecule has 0 bridgehead atoms. The van der Waals surface area contributed by atoms with Crippen molar-refractivity contribution in [3.63, 3.8) is 0 Å². The predicted molar refractivity (Wildman–Crippen MR) is 98.3 cm³/mol. The second-order valence-electron chi connectivity index (χ2n) is 6.58. The molecule has 8 heteroatoms. The molecule has 3 rings (SSSR count). The molecule has 0 radical (unpaired) electrons. The molecule has 0 unspecified atom stereocenters. The van der Waals surface area contributed by atoms with Crippen LogP contribution in [-0.2, 0) is 17.6 Å². The molecule has 7 nitrogen and oxygen atoms in total. The minimum absolute atomic E-state index is 0.128. The normalized spacial score (nSPS) is 17.2. The van der Waals surface area contributed by atoms with Gasteiger partial charge < -0.3 is 20.8 Å². The third kappa shape index (κ3) is 3.65. The molecule has 2 heterocycles. The van der Waals surface area contributed by atoms with Crippen LogP contribution >= 0.6 is 11.3 Å². The Kier molecular flexibility index (Phi) is 5.13. The lowest BCUT2D eigenvalue weighted by Crippen LogP contribution is -2.41. The lowest BCUT2D eigenvalue weighted by molar-refractivity contribution is -0.117. The van der Waals surface area contributed by atoms with Gasteiger partial charge in [-0.25, -0.2) is 0 Å².